The molecular weight excluding hydrogens is 322 g/mol. The number of halogens is 2. The summed E-state index contributed by atoms with van der Waals surface area (Å²) in [6.45, 7) is 1.94. The van der Waals surface area contributed by atoms with Crippen LogP contribution in [-0.2, 0) is 6.42 Å². The molecule has 92 valence electrons. The summed E-state index contributed by atoms with van der Waals surface area (Å²) in [6.07, 6.45) is 0.687. The van der Waals surface area contributed by atoms with E-state index < -0.39 is 6.04 Å². The predicted octanol–water partition coefficient (Wildman–Crippen LogP) is 3.27. The van der Waals surface area contributed by atoms with Gasteiger partial charge in [0.05, 0.1) is 10.2 Å². The molecule has 0 fully saturated rings. The van der Waals surface area contributed by atoms with Crippen molar-refractivity contribution in [2.45, 2.75) is 19.4 Å². The van der Waals surface area contributed by atoms with E-state index in [9.17, 15) is 4.91 Å². The van der Waals surface area contributed by atoms with Gasteiger partial charge in [0, 0.05) is 0 Å². The normalized spacial score (nSPS) is 12.3. The van der Waals surface area contributed by atoms with Gasteiger partial charge in [-0.2, -0.15) is 5.26 Å². The van der Waals surface area contributed by atoms with Gasteiger partial charge in [-0.25, -0.2) is 9.97 Å². The smallest absolute Gasteiger partial charge is 0.235 e. The maximum Gasteiger partial charge on any atom is 0.235 e. The molecule has 0 amide bonds. The maximum absolute atomic E-state index is 10.5. The van der Waals surface area contributed by atoms with Crippen molar-refractivity contribution in [1.82, 2.24) is 15.0 Å². The van der Waals surface area contributed by atoms with Crippen LogP contribution < -0.4 is 0 Å². The molecule has 0 aromatic carbocycles. The molecule has 0 spiro atoms. The number of aromatic amines is 1. The average Bonchev–Trinajstić information content (AvgIpc) is 2.81. The van der Waals surface area contributed by atoms with Crippen LogP contribution in [0.3, 0.4) is 0 Å². The molecule has 2 heterocycles. The first kappa shape index (κ1) is 12.9. The molecule has 0 bridgehead atoms. The van der Waals surface area contributed by atoms with Crippen LogP contribution in [0.4, 0.5) is 0 Å². The molecule has 0 aliphatic carbocycles. The third-order valence-corrected chi connectivity index (χ3v) is 3.55. The molecule has 0 radical (unpaired) electrons. The number of H-pyrrole nitrogens is 1. The van der Waals surface area contributed by atoms with Crippen LogP contribution in [-0.4, -0.2) is 15.0 Å². The van der Waals surface area contributed by atoms with Crippen molar-refractivity contribution in [3.63, 3.8) is 0 Å². The number of hydrogen-bond acceptors (Lipinski definition) is 5. The molecular formula is C10H7BrClN5O. The highest BCUT2D eigenvalue weighted by Crippen LogP contribution is 2.31. The van der Waals surface area contributed by atoms with E-state index in [1.807, 2.05) is 6.92 Å². The third kappa shape index (κ3) is 1.98. The summed E-state index contributed by atoms with van der Waals surface area (Å²) in [7, 11) is 0. The summed E-state index contributed by atoms with van der Waals surface area (Å²) in [5.74, 6) is 0.167. The van der Waals surface area contributed by atoms with Crippen LogP contribution in [0.25, 0.3) is 11.0 Å². The second kappa shape index (κ2) is 5.00. The fourth-order valence-corrected chi connectivity index (χ4v) is 2.45. The number of nitrogens with one attached hydrogen (secondary N) is 1. The van der Waals surface area contributed by atoms with E-state index in [0.29, 0.717) is 21.9 Å². The molecule has 2 aromatic rings. The highest BCUT2D eigenvalue weighted by molar-refractivity contribution is 9.10. The molecule has 1 atom stereocenters. The highest BCUT2D eigenvalue weighted by atomic mass is 79.9. The Morgan fingerprint density at radius 3 is 2.89 bits per heavy atom. The molecule has 6 nitrogen and oxygen atoms in total. The minimum Gasteiger partial charge on any atom is -0.337 e. The van der Waals surface area contributed by atoms with Gasteiger partial charge in [-0.3, -0.25) is 0 Å². The van der Waals surface area contributed by atoms with Crippen molar-refractivity contribution in [3.05, 3.63) is 26.1 Å². The molecule has 2 rings (SSSR count). The predicted molar refractivity (Wildman–Crippen MR) is 70.1 cm³/mol. The van der Waals surface area contributed by atoms with Gasteiger partial charge >= 0.3 is 0 Å². The Morgan fingerprint density at radius 2 is 2.33 bits per heavy atom. The monoisotopic (exact) mass is 327 g/mol. The third-order valence-electron chi connectivity index (χ3n) is 2.44. The van der Waals surface area contributed by atoms with Gasteiger partial charge < -0.3 is 4.98 Å². The molecule has 0 saturated carbocycles. The molecule has 0 saturated heterocycles. The number of nitrogens with zero attached hydrogens (tertiary/aromatic N) is 4. The zero-order chi connectivity index (χ0) is 13.3. The molecule has 18 heavy (non-hydrogen) atoms. The molecule has 2 aromatic heterocycles. The van der Waals surface area contributed by atoms with Crippen molar-refractivity contribution in [3.8, 4) is 6.07 Å². The number of nitroso groups, excluding NO2 is 1. The van der Waals surface area contributed by atoms with Crippen LogP contribution in [0.2, 0.25) is 5.15 Å². The quantitative estimate of drug-likeness (QED) is 0.691. The topological polar surface area (TPSA) is 94.8 Å². The van der Waals surface area contributed by atoms with E-state index >= 15 is 0 Å². The van der Waals surface area contributed by atoms with Gasteiger partial charge in [0.1, 0.15) is 17.1 Å². The first-order valence-electron chi connectivity index (χ1n) is 5.07. The van der Waals surface area contributed by atoms with Crippen LogP contribution >= 0.6 is 27.5 Å². The lowest BCUT2D eigenvalue weighted by atomic mass is 10.3. The number of aromatic nitrogens is 3. The Morgan fingerprint density at radius 1 is 1.61 bits per heavy atom. The summed E-state index contributed by atoms with van der Waals surface area (Å²) in [4.78, 5) is 21.7. The zero-order valence-electron chi connectivity index (χ0n) is 9.24. The Balaban J connectivity index is 2.72. The van der Waals surface area contributed by atoms with Gasteiger partial charge in [-0.1, -0.05) is 18.5 Å². The Bertz CT molecular complexity index is 662. The summed E-state index contributed by atoms with van der Waals surface area (Å²) in [5, 5.41) is 11.7. The first-order valence-corrected chi connectivity index (χ1v) is 6.25. The number of nitriles is 1. The fraction of sp³-hybridized carbons (Fsp3) is 0.300. The average molecular weight is 329 g/mol. The van der Waals surface area contributed by atoms with E-state index in [1.165, 1.54) is 0 Å². The van der Waals surface area contributed by atoms with Crippen LogP contribution in [0, 0.1) is 16.2 Å². The van der Waals surface area contributed by atoms with Gasteiger partial charge in [0.2, 0.25) is 6.04 Å². The SMILES string of the molecule is CCc1nc(Cl)c2[nH]c(C(C#N)N=O)nc2c1Br. The Kier molecular flexibility index (Phi) is 3.59. The summed E-state index contributed by atoms with van der Waals surface area (Å²) in [5.41, 5.74) is 1.79. The zero-order valence-corrected chi connectivity index (χ0v) is 11.6. The molecule has 0 aliphatic heterocycles. The molecule has 1 unspecified atom stereocenters. The van der Waals surface area contributed by atoms with Crippen LogP contribution in [0.5, 0.6) is 0 Å². The number of fused-ring (bicyclic) bond motifs is 1. The van der Waals surface area contributed by atoms with Gasteiger partial charge in [0.25, 0.3) is 0 Å². The molecule has 8 heteroatoms. The van der Waals surface area contributed by atoms with Gasteiger partial charge in [0.15, 0.2) is 11.0 Å². The fourth-order valence-electron chi connectivity index (χ4n) is 1.56. The lowest BCUT2D eigenvalue weighted by Crippen LogP contribution is -1.92. The van der Waals surface area contributed by atoms with Gasteiger partial charge in [-0.15, -0.1) is 4.91 Å². The van der Waals surface area contributed by atoms with E-state index in [0.717, 1.165) is 5.69 Å². The van der Waals surface area contributed by atoms with E-state index in [1.54, 1.807) is 6.07 Å². The number of hydrogen-bond donors (Lipinski definition) is 1. The van der Waals surface area contributed by atoms with Crippen LogP contribution in [0.15, 0.2) is 9.65 Å². The minimum atomic E-state index is -1.18. The number of aryl methyl sites for hydroxylation is 1. The van der Waals surface area contributed by atoms with E-state index in [2.05, 4.69) is 36.1 Å². The van der Waals surface area contributed by atoms with Crippen molar-refractivity contribution in [2.24, 2.45) is 5.18 Å². The Labute approximate surface area is 115 Å². The maximum atomic E-state index is 10.5. The summed E-state index contributed by atoms with van der Waals surface area (Å²) < 4.78 is 0.703. The summed E-state index contributed by atoms with van der Waals surface area (Å²) in [6, 6.07) is 0.569. The molecule has 1 N–H and O–H groups in total. The number of pyridine rings is 1. The summed E-state index contributed by atoms with van der Waals surface area (Å²) >= 11 is 9.41. The van der Waals surface area contributed by atoms with Crippen molar-refractivity contribution >= 4 is 38.6 Å². The van der Waals surface area contributed by atoms with Crippen LogP contribution in [0.1, 0.15) is 24.5 Å². The second-order valence-corrected chi connectivity index (χ2v) is 4.65. The number of rotatable bonds is 3. The lowest BCUT2D eigenvalue weighted by Gasteiger charge is -2.01. The van der Waals surface area contributed by atoms with E-state index in [4.69, 9.17) is 16.9 Å². The Hall–Kier alpha value is -1.52. The largest absolute Gasteiger partial charge is 0.337 e. The standard InChI is InChI=1S/C10H7BrClN5O/c1-2-4-6(11)7-8(9(12)14-4)16-10(15-7)5(3-13)17-18/h5H,2H2,1H3,(H,15,16). The van der Waals surface area contributed by atoms with Gasteiger partial charge in [-0.05, 0) is 27.5 Å². The highest BCUT2D eigenvalue weighted by Gasteiger charge is 2.20. The van der Waals surface area contributed by atoms with Crippen molar-refractivity contribution in [1.29, 1.82) is 5.26 Å². The molecule has 0 aliphatic rings. The van der Waals surface area contributed by atoms with Crippen molar-refractivity contribution < 1.29 is 0 Å². The van der Waals surface area contributed by atoms with Crippen molar-refractivity contribution in [2.75, 3.05) is 0 Å². The minimum absolute atomic E-state index is 0.167. The first-order chi connectivity index (χ1) is 8.62. The lowest BCUT2D eigenvalue weighted by molar-refractivity contribution is 0.843. The second-order valence-electron chi connectivity index (χ2n) is 3.50. The van der Waals surface area contributed by atoms with E-state index in [-0.39, 0.29) is 11.0 Å². The number of imidazole rings is 1.